The van der Waals surface area contributed by atoms with Crippen LogP contribution in [-0.4, -0.2) is 19.6 Å². The highest BCUT2D eigenvalue weighted by atomic mass is 35.5. The van der Waals surface area contributed by atoms with Crippen molar-refractivity contribution in [2.45, 2.75) is 13.0 Å². The van der Waals surface area contributed by atoms with Gasteiger partial charge in [-0.1, -0.05) is 11.6 Å². The standard InChI is InChI=1S/C13H14ClNO2S2/c1-8-5-11(18-7-8)13(16)15-6-9(17-2)10-3-4-12(14)19-10/h3-5,7,9H,6H2,1-2H3,(H,15,16)/t9-/m1/s1. The summed E-state index contributed by atoms with van der Waals surface area (Å²) in [5.74, 6) is -0.0668. The molecule has 0 saturated carbocycles. The summed E-state index contributed by atoms with van der Waals surface area (Å²) in [6.45, 7) is 2.40. The third kappa shape index (κ3) is 3.79. The monoisotopic (exact) mass is 315 g/mol. The number of aryl methyl sites for hydroxylation is 1. The van der Waals surface area contributed by atoms with Crippen molar-refractivity contribution in [3.8, 4) is 0 Å². The van der Waals surface area contributed by atoms with Crippen LogP contribution in [0, 0.1) is 6.92 Å². The molecule has 1 atom stereocenters. The molecule has 1 N–H and O–H groups in total. The predicted octanol–water partition coefficient (Wildman–Crippen LogP) is 3.89. The molecule has 2 aromatic rings. The summed E-state index contributed by atoms with van der Waals surface area (Å²) in [7, 11) is 1.62. The van der Waals surface area contributed by atoms with Crippen molar-refractivity contribution < 1.29 is 9.53 Å². The Morgan fingerprint density at radius 1 is 1.53 bits per heavy atom. The Morgan fingerprint density at radius 2 is 2.32 bits per heavy atom. The molecule has 0 aromatic carbocycles. The number of hydrogen-bond acceptors (Lipinski definition) is 4. The summed E-state index contributed by atoms with van der Waals surface area (Å²) in [5.41, 5.74) is 1.10. The smallest absolute Gasteiger partial charge is 0.261 e. The minimum Gasteiger partial charge on any atom is -0.374 e. The first-order valence-corrected chi connectivity index (χ1v) is 7.79. The normalized spacial score (nSPS) is 12.4. The Bertz CT molecular complexity index is 564. The average Bonchev–Trinajstić information content (AvgIpc) is 2.99. The fraction of sp³-hybridized carbons (Fsp3) is 0.308. The van der Waals surface area contributed by atoms with Gasteiger partial charge >= 0.3 is 0 Å². The molecule has 102 valence electrons. The van der Waals surface area contributed by atoms with Crippen LogP contribution < -0.4 is 5.32 Å². The highest BCUT2D eigenvalue weighted by molar-refractivity contribution is 7.16. The number of carbonyl (C=O) groups excluding carboxylic acids is 1. The van der Waals surface area contributed by atoms with Gasteiger partial charge in [-0.15, -0.1) is 22.7 Å². The van der Waals surface area contributed by atoms with Crippen molar-refractivity contribution in [1.82, 2.24) is 5.32 Å². The highest BCUT2D eigenvalue weighted by Gasteiger charge is 2.15. The number of amides is 1. The molecular weight excluding hydrogens is 302 g/mol. The maximum absolute atomic E-state index is 11.9. The Labute approximate surface area is 125 Å². The molecule has 19 heavy (non-hydrogen) atoms. The van der Waals surface area contributed by atoms with E-state index in [-0.39, 0.29) is 12.0 Å². The van der Waals surface area contributed by atoms with Crippen molar-refractivity contribution in [2.75, 3.05) is 13.7 Å². The first kappa shape index (κ1) is 14.5. The lowest BCUT2D eigenvalue weighted by Gasteiger charge is -2.14. The maximum Gasteiger partial charge on any atom is 0.261 e. The van der Waals surface area contributed by atoms with Gasteiger partial charge in [0, 0.05) is 18.5 Å². The topological polar surface area (TPSA) is 38.3 Å². The summed E-state index contributed by atoms with van der Waals surface area (Å²) >= 11 is 8.81. The van der Waals surface area contributed by atoms with Crippen molar-refractivity contribution in [1.29, 1.82) is 0 Å². The third-order valence-corrected chi connectivity index (χ3v) is 4.97. The number of carbonyl (C=O) groups is 1. The summed E-state index contributed by atoms with van der Waals surface area (Å²) in [5, 5.41) is 4.84. The van der Waals surface area contributed by atoms with Crippen LogP contribution in [0.1, 0.15) is 26.2 Å². The van der Waals surface area contributed by atoms with E-state index in [0.29, 0.717) is 6.54 Å². The molecule has 0 fully saturated rings. The number of halogens is 1. The summed E-state index contributed by atoms with van der Waals surface area (Å²) in [6, 6.07) is 5.63. The SMILES string of the molecule is CO[C@H](CNC(=O)c1cc(C)cs1)c1ccc(Cl)s1. The lowest BCUT2D eigenvalue weighted by molar-refractivity contribution is 0.0841. The van der Waals surface area contributed by atoms with Gasteiger partial charge in [-0.2, -0.15) is 0 Å². The molecule has 0 aliphatic rings. The second-order valence-electron chi connectivity index (χ2n) is 4.06. The Hall–Kier alpha value is -0.880. The molecule has 0 aliphatic heterocycles. The van der Waals surface area contributed by atoms with Gasteiger partial charge in [0.05, 0.1) is 9.21 Å². The first-order chi connectivity index (χ1) is 9.10. The molecule has 2 aromatic heterocycles. The van der Waals surface area contributed by atoms with Crippen LogP contribution in [-0.2, 0) is 4.74 Å². The van der Waals surface area contributed by atoms with Crippen LogP contribution in [0.25, 0.3) is 0 Å². The molecule has 1 amide bonds. The molecule has 6 heteroatoms. The number of ether oxygens (including phenoxy) is 1. The van der Waals surface area contributed by atoms with Gasteiger partial charge in [-0.3, -0.25) is 4.79 Å². The van der Waals surface area contributed by atoms with Crippen molar-refractivity contribution in [2.24, 2.45) is 0 Å². The van der Waals surface area contributed by atoms with Crippen LogP contribution in [0.5, 0.6) is 0 Å². The van der Waals surface area contributed by atoms with E-state index in [1.807, 2.05) is 30.5 Å². The molecular formula is C13H14ClNO2S2. The van der Waals surface area contributed by atoms with E-state index in [9.17, 15) is 4.79 Å². The number of hydrogen-bond donors (Lipinski definition) is 1. The van der Waals surface area contributed by atoms with Gasteiger partial charge < -0.3 is 10.1 Å². The zero-order valence-corrected chi connectivity index (χ0v) is 13.0. The summed E-state index contributed by atoms with van der Waals surface area (Å²) in [4.78, 5) is 13.7. The zero-order chi connectivity index (χ0) is 13.8. The predicted molar refractivity (Wildman–Crippen MR) is 80.5 cm³/mol. The first-order valence-electron chi connectivity index (χ1n) is 5.71. The quantitative estimate of drug-likeness (QED) is 0.909. The fourth-order valence-corrected chi connectivity index (χ4v) is 3.58. The van der Waals surface area contributed by atoms with Gasteiger partial charge in [0.25, 0.3) is 5.91 Å². The molecule has 3 nitrogen and oxygen atoms in total. The number of methoxy groups -OCH3 is 1. The van der Waals surface area contributed by atoms with Crippen molar-refractivity contribution >= 4 is 40.2 Å². The van der Waals surface area contributed by atoms with Crippen LogP contribution in [0.2, 0.25) is 4.34 Å². The molecule has 2 rings (SSSR count). The van der Waals surface area contributed by atoms with E-state index < -0.39 is 0 Å². The lowest BCUT2D eigenvalue weighted by atomic mass is 10.3. The van der Waals surface area contributed by atoms with E-state index >= 15 is 0 Å². The highest BCUT2D eigenvalue weighted by Crippen LogP contribution is 2.28. The van der Waals surface area contributed by atoms with E-state index in [0.717, 1.165) is 19.7 Å². The molecule has 0 radical (unpaired) electrons. The van der Waals surface area contributed by atoms with Crippen LogP contribution >= 0.6 is 34.3 Å². The van der Waals surface area contributed by atoms with E-state index in [4.69, 9.17) is 16.3 Å². The number of rotatable bonds is 5. The Kier molecular flexibility index (Phi) is 4.99. The number of thiophene rings is 2. The zero-order valence-electron chi connectivity index (χ0n) is 10.6. The summed E-state index contributed by atoms with van der Waals surface area (Å²) in [6.07, 6.45) is -0.164. The molecule has 0 spiro atoms. The van der Waals surface area contributed by atoms with Gasteiger partial charge in [0.15, 0.2) is 0 Å². The third-order valence-electron chi connectivity index (χ3n) is 2.60. The Morgan fingerprint density at radius 3 is 2.84 bits per heavy atom. The second-order valence-corrected chi connectivity index (χ2v) is 6.72. The molecule has 2 heterocycles. The van der Waals surface area contributed by atoms with Crippen molar-refractivity contribution in [3.63, 3.8) is 0 Å². The molecule has 0 aliphatic carbocycles. The van der Waals surface area contributed by atoms with Crippen LogP contribution in [0.4, 0.5) is 0 Å². The van der Waals surface area contributed by atoms with Crippen LogP contribution in [0.15, 0.2) is 23.6 Å². The van der Waals surface area contributed by atoms with Gasteiger partial charge in [0.1, 0.15) is 6.10 Å². The van der Waals surface area contributed by atoms with Gasteiger partial charge in [0.2, 0.25) is 0 Å². The minimum absolute atomic E-state index is 0.0668. The van der Waals surface area contributed by atoms with Gasteiger partial charge in [-0.05, 0) is 36.1 Å². The average molecular weight is 316 g/mol. The minimum atomic E-state index is -0.164. The van der Waals surface area contributed by atoms with E-state index in [1.165, 1.54) is 22.7 Å². The second kappa shape index (κ2) is 6.52. The van der Waals surface area contributed by atoms with Gasteiger partial charge in [-0.25, -0.2) is 0 Å². The fourth-order valence-electron chi connectivity index (χ4n) is 1.62. The molecule has 0 unspecified atom stereocenters. The molecule has 0 bridgehead atoms. The van der Waals surface area contributed by atoms with Crippen LogP contribution in [0.3, 0.4) is 0 Å². The Balaban J connectivity index is 1.95. The lowest BCUT2D eigenvalue weighted by Crippen LogP contribution is -2.28. The molecule has 0 saturated heterocycles. The summed E-state index contributed by atoms with van der Waals surface area (Å²) < 4.78 is 6.10. The van der Waals surface area contributed by atoms with E-state index in [2.05, 4.69) is 5.32 Å². The van der Waals surface area contributed by atoms with E-state index in [1.54, 1.807) is 7.11 Å². The number of nitrogens with one attached hydrogen (secondary N) is 1. The van der Waals surface area contributed by atoms with Crippen molar-refractivity contribution in [3.05, 3.63) is 43.2 Å². The largest absolute Gasteiger partial charge is 0.374 e. The maximum atomic E-state index is 11.9.